The van der Waals surface area contributed by atoms with E-state index in [0.717, 1.165) is 109 Å². The van der Waals surface area contributed by atoms with Gasteiger partial charge < -0.3 is 9.84 Å². The first-order chi connectivity index (χ1) is 21.6. The van der Waals surface area contributed by atoms with Gasteiger partial charge in [0, 0.05) is 12.8 Å². The minimum Gasteiger partial charge on any atom is -0.481 e. The molecule has 0 aliphatic rings. The van der Waals surface area contributed by atoms with Gasteiger partial charge in [-0.25, -0.2) is 0 Å². The highest BCUT2D eigenvalue weighted by molar-refractivity contribution is 5.69. The van der Waals surface area contributed by atoms with Gasteiger partial charge in [-0.1, -0.05) is 131 Å². The molecule has 0 amide bonds. The first kappa shape index (κ1) is 40.9. The zero-order valence-corrected chi connectivity index (χ0v) is 27.9. The number of hydrogen-bond donors (Lipinski definition) is 1. The largest absolute Gasteiger partial charge is 0.481 e. The summed E-state index contributed by atoms with van der Waals surface area (Å²) in [6, 6.07) is 0. The third-order valence-corrected chi connectivity index (χ3v) is 6.79. The van der Waals surface area contributed by atoms with Crippen molar-refractivity contribution >= 4 is 11.9 Å². The minimum atomic E-state index is -0.716. The predicted octanol–water partition coefficient (Wildman–Crippen LogP) is 11.9. The normalized spacial score (nSPS) is 13.5. The standard InChI is InChI=1S/C40H62O4/c1-3-5-7-9-11-13-14-15-16-17-18-19-20-21-23-29-33-37-40(43)44-38(34-30-26-22-12-10-8-6-4-2)35-31-27-24-25-28-32-36-39(41)42/h5-8,11-13,15-16,18-19,21-23,30,34,38H,3-4,9-10,14,17,20,24-29,31-33,35-37H2,1-2H3,(H,41,42)/b7-5-,8-6-,13-11-,16-15-,19-18-,22-12-,23-21-,34-30-. The monoisotopic (exact) mass is 606 g/mol. The molecule has 0 aliphatic heterocycles. The Bertz CT molecular complexity index is 914. The second-order valence-electron chi connectivity index (χ2n) is 10.9. The second kappa shape index (κ2) is 34.4. The van der Waals surface area contributed by atoms with E-state index in [1.165, 1.54) is 0 Å². The van der Waals surface area contributed by atoms with Crippen LogP contribution in [0.15, 0.2) is 97.2 Å². The van der Waals surface area contributed by atoms with Crippen LogP contribution < -0.4 is 0 Å². The summed E-state index contributed by atoms with van der Waals surface area (Å²) in [5, 5.41) is 8.75. The number of ether oxygens (including phenoxy) is 1. The molecule has 0 rings (SSSR count). The summed E-state index contributed by atoms with van der Waals surface area (Å²) < 4.78 is 5.84. The Hall–Kier alpha value is -3.14. The van der Waals surface area contributed by atoms with Crippen LogP contribution in [0.2, 0.25) is 0 Å². The van der Waals surface area contributed by atoms with Gasteiger partial charge >= 0.3 is 11.9 Å². The molecule has 0 saturated heterocycles. The maximum atomic E-state index is 12.5. The maximum absolute atomic E-state index is 12.5. The van der Waals surface area contributed by atoms with Gasteiger partial charge in [0.1, 0.15) is 6.10 Å². The smallest absolute Gasteiger partial charge is 0.306 e. The van der Waals surface area contributed by atoms with Crippen molar-refractivity contribution < 1.29 is 19.4 Å². The van der Waals surface area contributed by atoms with Crippen molar-refractivity contribution in [2.45, 2.75) is 142 Å². The Balaban J connectivity index is 4.28. The Morgan fingerprint density at radius 3 is 1.45 bits per heavy atom. The lowest BCUT2D eigenvalue weighted by molar-refractivity contribution is -0.147. The van der Waals surface area contributed by atoms with Crippen LogP contribution in [0.25, 0.3) is 0 Å². The minimum absolute atomic E-state index is 0.124. The lowest BCUT2D eigenvalue weighted by Crippen LogP contribution is -2.16. The molecule has 0 aromatic heterocycles. The number of carboxylic acid groups (broad SMARTS) is 1. The van der Waals surface area contributed by atoms with E-state index in [1.807, 2.05) is 6.08 Å². The zero-order chi connectivity index (χ0) is 32.2. The molecule has 0 fully saturated rings. The van der Waals surface area contributed by atoms with Crippen LogP contribution in [-0.4, -0.2) is 23.1 Å². The van der Waals surface area contributed by atoms with Gasteiger partial charge in [0.15, 0.2) is 0 Å². The molecule has 1 unspecified atom stereocenters. The first-order valence-electron chi connectivity index (χ1n) is 17.2. The Kier molecular flexibility index (Phi) is 31.9. The van der Waals surface area contributed by atoms with E-state index in [-0.39, 0.29) is 18.5 Å². The summed E-state index contributed by atoms with van der Waals surface area (Å²) in [5.41, 5.74) is 0. The lowest BCUT2D eigenvalue weighted by atomic mass is 10.1. The maximum Gasteiger partial charge on any atom is 0.306 e. The molecular formula is C40H62O4. The van der Waals surface area contributed by atoms with Crippen molar-refractivity contribution in [1.29, 1.82) is 0 Å². The molecule has 4 nitrogen and oxygen atoms in total. The van der Waals surface area contributed by atoms with E-state index in [9.17, 15) is 9.59 Å². The fraction of sp³-hybridized carbons (Fsp3) is 0.550. The molecule has 44 heavy (non-hydrogen) atoms. The number of unbranched alkanes of at least 4 members (excludes halogenated alkanes) is 6. The fourth-order valence-electron chi connectivity index (χ4n) is 4.33. The van der Waals surface area contributed by atoms with Crippen molar-refractivity contribution in [3.8, 4) is 0 Å². The van der Waals surface area contributed by atoms with Gasteiger partial charge in [-0.05, 0) is 89.5 Å². The third-order valence-electron chi connectivity index (χ3n) is 6.79. The van der Waals surface area contributed by atoms with Crippen LogP contribution in [-0.2, 0) is 14.3 Å². The number of rotatable bonds is 29. The van der Waals surface area contributed by atoms with Gasteiger partial charge in [-0.3, -0.25) is 9.59 Å². The SMILES string of the molecule is CC/C=C\C/C=C\C/C=C\C/C=C\C/C=C\CCCC(=O)OC(/C=C\C/C=C\C/C=C\CC)CCCCCCCCC(=O)O. The van der Waals surface area contributed by atoms with Crippen molar-refractivity contribution in [2.75, 3.05) is 0 Å². The quantitative estimate of drug-likeness (QED) is 0.0522. The van der Waals surface area contributed by atoms with Crippen LogP contribution in [0.3, 0.4) is 0 Å². The molecular weight excluding hydrogens is 544 g/mol. The van der Waals surface area contributed by atoms with Crippen LogP contribution >= 0.6 is 0 Å². The molecule has 0 aliphatic carbocycles. The molecule has 4 heteroatoms. The number of carbonyl (C=O) groups excluding carboxylic acids is 1. The molecule has 0 saturated carbocycles. The topological polar surface area (TPSA) is 63.6 Å². The highest BCUT2D eigenvalue weighted by Crippen LogP contribution is 2.14. The second-order valence-corrected chi connectivity index (χ2v) is 10.9. The first-order valence-corrected chi connectivity index (χ1v) is 17.2. The molecule has 0 aromatic carbocycles. The summed E-state index contributed by atoms with van der Waals surface area (Å²) in [5.74, 6) is -0.840. The zero-order valence-electron chi connectivity index (χ0n) is 27.9. The molecule has 0 heterocycles. The van der Waals surface area contributed by atoms with Gasteiger partial charge in [0.25, 0.3) is 0 Å². The predicted molar refractivity (Wildman–Crippen MR) is 190 cm³/mol. The van der Waals surface area contributed by atoms with Crippen LogP contribution in [0.5, 0.6) is 0 Å². The summed E-state index contributed by atoms with van der Waals surface area (Å²) in [6.07, 6.45) is 51.5. The summed E-state index contributed by atoms with van der Waals surface area (Å²) >= 11 is 0. The molecule has 1 atom stereocenters. The summed E-state index contributed by atoms with van der Waals surface area (Å²) in [4.78, 5) is 23.2. The Labute approximate surface area is 270 Å². The molecule has 1 N–H and O–H groups in total. The Morgan fingerprint density at radius 1 is 0.523 bits per heavy atom. The molecule has 246 valence electrons. The summed E-state index contributed by atoms with van der Waals surface area (Å²) in [6.45, 7) is 4.28. The number of carbonyl (C=O) groups is 2. The molecule has 0 radical (unpaired) electrons. The fourth-order valence-corrected chi connectivity index (χ4v) is 4.33. The number of hydrogen-bond acceptors (Lipinski definition) is 3. The third kappa shape index (κ3) is 33.4. The van der Waals surface area contributed by atoms with Crippen molar-refractivity contribution in [2.24, 2.45) is 0 Å². The highest BCUT2D eigenvalue weighted by Gasteiger charge is 2.11. The molecule has 0 spiro atoms. The van der Waals surface area contributed by atoms with Gasteiger partial charge in [0.05, 0.1) is 0 Å². The van der Waals surface area contributed by atoms with E-state index in [2.05, 4.69) is 105 Å². The van der Waals surface area contributed by atoms with Crippen LogP contribution in [0, 0.1) is 0 Å². The summed E-state index contributed by atoms with van der Waals surface area (Å²) in [7, 11) is 0. The van der Waals surface area contributed by atoms with Crippen LogP contribution in [0.4, 0.5) is 0 Å². The van der Waals surface area contributed by atoms with E-state index < -0.39 is 5.97 Å². The van der Waals surface area contributed by atoms with E-state index >= 15 is 0 Å². The number of aliphatic carboxylic acids is 1. The number of esters is 1. The van der Waals surface area contributed by atoms with Gasteiger partial charge in [-0.2, -0.15) is 0 Å². The highest BCUT2D eigenvalue weighted by atomic mass is 16.5. The lowest BCUT2D eigenvalue weighted by Gasteiger charge is -2.14. The average Bonchev–Trinajstić information content (AvgIpc) is 3.01. The van der Waals surface area contributed by atoms with E-state index in [1.54, 1.807) is 0 Å². The van der Waals surface area contributed by atoms with Gasteiger partial charge in [0.2, 0.25) is 0 Å². The van der Waals surface area contributed by atoms with E-state index in [4.69, 9.17) is 9.84 Å². The molecule has 0 bridgehead atoms. The van der Waals surface area contributed by atoms with Crippen LogP contribution in [0.1, 0.15) is 136 Å². The van der Waals surface area contributed by atoms with Crippen molar-refractivity contribution in [3.05, 3.63) is 97.2 Å². The molecule has 0 aromatic rings. The van der Waals surface area contributed by atoms with Gasteiger partial charge in [-0.15, -0.1) is 0 Å². The number of allylic oxidation sites excluding steroid dienone is 15. The average molecular weight is 607 g/mol. The Morgan fingerprint density at radius 2 is 0.955 bits per heavy atom. The van der Waals surface area contributed by atoms with Crippen molar-refractivity contribution in [3.63, 3.8) is 0 Å². The number of carboxylic acids is 1. The van der Waals surface area contributed by atoms with E-state index in [0.29, 0.717) is 6.42 Å². The van der Waals surface area contributed by atoms with Crippen molar-refractivity contribution in [1.82, 2.24) is 0 Å².